The van der Waals surface area contributed by atoms with Crippen molar-refractivity contribution in [3.63, 3.8) is 0 Å². The Bertz CT molecular complexity index is 389. The van der Waals surface area contributed by atoms with Gasteiger partial charge in [0.1, 0.15) is 0 Å². The van der Waals surface area contributed by atoms with Crippen LogP contribution in [0.25, 0.3) is 0 Å². The highest BCUT2D eigenvalue weighted by Gasteiger charge is 2.18. The van der Waals surface area contributed by atoms with Gasteiger partial charge in [-0.15, -0.1) is 0 Å². The number of aryl methyl sites for hydroxylation is 1. The van der Waals surface area contributed by atoms with Crippen molar-refractivity contribution in [2.24, 2.45) is 5.73 Å². The van der Waals surface area contributed by atoms with Gasteiger partial charge >= 0.3 is 0 Å². The average molecular weight is 254 g/mol. The zero-order valence-electron chi connectivity index (χ0n) is 11.1. The van der Waals surface area contributed by atoms with Crippen LogP contribution in [0.2, 0.25) is 0 Å². The lowest BCUT2D eigenvalue weighted by Crippen LogP contribution is -2.33. The molecular formula is C12H22N4O2. The van der Waals surface area contributed by atoms with Gasteiger partial charge in [-0.05, 0) is 26.8 Å². The molecule has 0 aliphatic heterocycles. The molecule has 3 N–H and O–H groups in total. The summed E-state index contributed by atoms with van der Waals surface area (Å²) in [6.07, 6.45) is 2.43. The zero-order valence-corrected chi connectivity index (χ0v) is 11.1. The van der Waals surface area contributed by atoms with Crippen molar-refractivity contribution in [1.82, 2.24) is 14.7 Å². The molecule has 0 aromatic carbocycles. The minimum Gasteiger partial charge on any atom is -0.395 e. The second-order valence-corrected chi connectivity index (χ2v) is 4.12. The van der Waals surface area contributed by atoms with E-state index in [9.17, 15) is 4.79 Å². The number of rotatable bonds is 7. The van der Waals surface area contributed by atoms with E-state index in [0.717, 1.165) is 18.7 Å². The van der Waals surface area contributed by atoms with E-state index in [2.05, 4.69) is 5.10 Å². The lowest BCUT2D eigenvalue weighted by Gasteiger charge is -2.19. The molecule has 0 saturated heterocycles. The van der Waals surface area contributed by atoms with E-state index >= 15 is 0 Å². The van der Waals surface area contributed by atoms with Crippen LogP contribution in [0.1, 0.15) is 29.4 Å². The summed E-state index contributed by atoms with van der Waals surface area (Å²) < 4.78 is 1.80. The van der Waals surface area contributed by atoms with Gasteiger partial charge in [0.15, 0.2) is 0 Å². The number of aromatic nitrogens is 2. The van der Waals surface area contributed by atoms with E-state index in [4.69, 9.17) is 10.8 Å². The van der Waals surface area contributed by atoms with E-state index in [1.54, 1.807) is 15.8 Å². The molecule has 0 saturated carbocycles. The summed E-state index contributed by atoms with van der Waals surface area (Å²) in [6.45, 7) is 6.00. The summed E-state index contributed by atoms with van der Waals surface area (Å²) >= 11 is 0. The summed E-state index contributed by atoms with van der Waals surface area (Å²) in [4.78, 5) is 13.8. The van der Waals surface area contributed by atoms with Gasteiger partial charge in [-0.25, -0.2) is 0 Å². The van der Waals surface area contributed by atoms with Crippen molar-refractivity contribution in [1.29, 1.82) is 0 Å². The van der Waals surface area contributed by atoms with E-state index in [1.165, 1.54) is 0 Å². The molecule has 0 aliphatic carbocycles. The number of hydrogen-bond donors (Lipinski definition) is 2. The summed E-state index contributed by atoms with van der Waals surface area (Å²) in [5.74, 6) is -0.0805. The van der Waals surface area contributed by atoms with Gasteiger partial charge in [0.05, 0.1) is 18.4 Å². The summed E-state index contributed by atoms with van der Waals surface area (Å²) in [5, 5.41) is 13.1. The number of likely N-dealkylation sites (N-methyl/N-ethyl adjacent to an activating group) is 1. The minimum atomic E-state index is -0.0805. The van der Waals surface area contributed by atoms with Crippen LogP contribution < -0.4 is 5.73 Å². The van der Waals surface area contributed by atoms with Gasteiger partial charge < -0.3 is 15.7 Å². The maximum absolute atomic E-state index is 12.2. The lowest BCUT2D eigenvalue weighted by atomic mass is 10.2. The van der Waals surface area contributed by atoms with Crippen LogP contribution in [0.15, 0.2) is 6.20 Å². The number of nitrogens with zero attached hydrogens (tertiary/aromatic N) is 3. The molecule has 1 aromatic heterocycles. The van der Waals surface area contributed by atoms with Crippen molar-refractivity contribution in [3.05, 3.63) is 17.5 Å². The summed E-state index contributed by atoms with van der Waals surface area (Å²) in [5.41, 5.74) is 6.91. The summed E-state index contributed by atoms with van der Waals surface area (Å²) in [7, 11) is 0. The molecule has 0 atom stereocenters. The van der Waals surface area contributed by atoms with Crippen LogP contribution in [0.5, 0.6) is 0 Å². The Balaban J connectivity index is 2.82. The molecule has 18 heavy (non-hydrogen) atoms. The Morgan fingerprint density at radius 3 is 2.89 bits per heavy atom. The Morgan fingerprint density at radius 1 is 1.61 bits per heavy atom. The van der Waals surface area contributed by atoms with Crippen LogP contribution in [-0.2, 0) is 6.54 Å². The Hall–Kier alpha value is -1.40. The Morgan fingerprint density at radius 2 is 2.33 bits per heavy atom. The lowest BCUT2D eigenvalue weighted by molar-refractivity contribution is 0.0731. The molecule has 1 aromatic rings. The second kappa shape index (κ2) is 7.13. The molecule has 0 unspecified atom stereocenters. The smallest absolute Gasteiger partial charge is 0.257 e. The third-order valence-corrected chi connectivity index (χ3v) is 2.95. The third-order valence-electron chi connectivity index (χ3n) is 2.95. The molecule has 1 heterocycles. The number of aliphatic hydroxyl groups is 1. The number of carbonyl (C=O) groups excluding carboxylic acids is 1. The molecular weight excluding hydrogens is 232 g/mol. The molecule has 6 heteroatoms. The van der Waals surface area contributed by atoms with Gasteiger partial charge in [0.2, 0.25) is 0 Å². The van der Waals surface area contributed by atoms with Crippen molar-refractivity contribution < 1.29 is 9.90 Å². The van der Waals surface area contributed by atoms with E-state index in [1.807, 2.05) is 13.8 Å². The molecule has 0 fully saturated rings. The quantitative estimate of drug-likeness (QED) is 0.717. The molecule has 6 nitrogen and oxygen atoms in total. The normalized spacial score (nSPS) is 10.7. The highest BCUT2D eigenvalue weighted by molar-refractivity contribution is 5.95. The van der Waals surface area contributed by atoms with Gasteiger partial charge in [0, 0.05) is 25.3 Å². The molecule has 0 aliphatic rings. The maximum Gasteiger partial charge on any atom is 0.257 e. The first-order chi connectivity index (χ1) is 8.65. The summed E-state index contributed by atoms with van der Waals surface area (Å²) in [6, 6.07) is 0. The van der Waals surface area contributed by atoms with Crippen LogP contribution >= 0.6 is 0 Å². The molecule has 0 radical (unpaired) electrons. The largest absolute Gasteiger partial charge is 0.395 e. The number of carbonyl (C=O) groups is 1. The minimum absolute atomic E-state index is 0.0278. The van der Waals surface area contributed by atoms with Crippen LogP contribution in [0, 0.1) is 6.92 Å². The van der Waals surface area contributed by atoms with Crippen LogP contribution in [-0.4, -0.2) is 51.9 Å². The topological polar surface area (TPSA) is 84.4 Å². The van der Waals surface area contributed by atoms with Gasteiger partial charge in [-0.1, -0.05) is 0 Å². The third kappa shape index (κ3) is 3.30. The van der Waals surface area contributed by atoms with Crippen molar-refractivity contribution in [2.45, 2.75) is 26.8 Å². The fourth-order valence-electron chi connectivity index (χ4n) is 1.82. The number of amides is 1. The standard InChI is InChI=1S/C12H22N4O2/c1-3-15(7-8-17)12(18)11-9-14-16(10(11)2)6-4-5-13/h9,17H,3-8,13H2,1-2H3. The molecule has 1 rings (SSSR count). The first-order valence-electron chi connectivity index (χ1n) is 6.28. The molecule has 102 valence electrons. The van der Waals surface area contributed by atoms with Gasteiger partial charge in [-0.2, -0.15) is 5.10 Å². The van der Waals surface area contributed by atoms with E-state index in [0.29, 0.717) is 25.2 Å². The SMILES string of the molecule is CCN(CCO)C(=O)c1cnn(CCCN)c1C. The highest BCUT2D eigenvalue weighted by atomic mass is 16.3. The number of hydrogen-bond acceptors (Lipinski definition) is 4. The average Bonchev–Trinajstić information content (AvgIpc) is 2.74. The molecule has 0 spiro atoms. The Kier molecular flexibility index (Phi) is 5.80. The predicted octanol–water partition coefficient (Wildman–Crippen LogP) is -0.00528. The maximum atomic E-state index is 12.2. The first-order valence-corrected chi connectivity index (χ1v) is 6.28. The van der Waals surface area contributed by atoms with Crippen molar-refractivity contribution in [2.75, 3.05) is 26.2 Å². The first kappa shape index (κ1) is 14.7. The zero-order chi connectivity index (χ0) is 13.5. The number of aliphatic hydroxyl groups excluding tert-OH is 1. The van der Waals surface area contributed by atoms with Gasteiger partial charge in [0.25, 0.3) is 5.91 Å². The molecule has 0 bridgehead atoms. The fraction of sp³-hybridized carbons (Fsp3) is 0.667. The van der Waals surface area contributed by atoms with Gasteiger partial charge in [-0.3, -0.25) is 9.48 Å². The fourth-order valence-corrected chi connectivity index (χ4v) is 1.82. The van der Waals surface area contributed by atoms with Crippen molar-refractivity contribution in [3.8, 4) is 0 Å². The monoisotopic (exact) mass is 254 g/mol. The highest BCUT2D eigenvalue weighted by Crippen LogP contribution is 2.11. The van der Waals surface area contributed by atoms with Crippen LogP contribution in [0.3, 0.4) is 0 Å². The van der Waals surface area contributed by atoms with E-state index < -0.39 is 0 Å². The van der Waals surface area contributed by atoms with E-state index in [-0.39, 0.29) is 12.5 Å². The number of nitrogens with two attached hydrogens (primary N) is 1. The second-order valence-electron chi connectivity index (χ2n) is 4.12. The molecule has 1 amide bonds. The van der Waals surface area contributed by atoms with Crippen LogP contribution in [0.4, 0.5) is 0 Å². The predicted molar refractivity (Wildman–Crippen MR) is 69.3 cm³/mol. The Labute approximate surface area is 107 Å². The van der Waals surface area contributed by atoms with Crippen molar-refractivity contribution >= 4 is 5.91 Å².